The van der Waals surface area contributed by atoms with Gasteiger partial charge in [-0.3, -0.25) is 9.59 Å². The highest BCUT2D eigenvalue weighted by atomic mass is 16.2. The number of nitrogens with one attached hydrogen (secondary N) is 1. The summed E-state index contributed by atoms with van der Waals surface area (Å²) in [6, 6.07) is 6.67. The molecule has 2 amide bonds. The minimum Gasteiger partial charge on any atom is -0.374 e. The molecule has 36 heavy (non-hydrogen) atoms. The molecule has 0 bridgehead atoms. The molecule has 5 aliphatic rings. The third-order valence-electron chi connectivity index (χ3n) is 11.4. The van der Waals surface area contributed by atoms with E-state index in [0.29, 0.717) is 30.7 Å². The van der Waals surface area contributed by atoms with Crippen molar-refractivity contribution in [3.05, 3.63) is 40.6 Å². The molecule has 1 aromatic carbocycles. The predicted molar refractivity (Wildman–Crippen MR) is 143 cm³/mol. The number of amides is 2. The number of allylic oxidation sites excluding steroid dienone is 2. The van der Waals surface area contributed by atoms with Gasteiger partial charge < -0.3 is 15.1 Å². The maximum Gasteiger partial charge on any atom is 0.226 e. The van der Waals surface area contributed by atoms with Gasteiger partial charge in [0.1, 0.15) is 0 Å². The van der Waals surface area contributed by atoms with Gasteiger partial charge in [0.2, 0.25) is 11.8 Å². The topological polar surface area (TPSA) is 52.7 Å². The summed E-state index contributed by atoms with van der Waals surface area (Å²) in [7, 11) is 4.14. The lowest BCUT2D eigenvalue weighted by Crippen LogP contribution is -2.55. The Balaban J connectivity index is 1.19. The molecule has 5 nitrogen and oxygen atoms in total. The lowest BCUT2D eigenvalue weighted by atomic mass is 9.48. The van der Waals surface area contributed by atoms with Crippen LogP contribution in [0.4, 0.5) is 5.69 Å². The highest BCUT2D eigenvalue weighted by molar-refractivity contribution is 5.80. The number of nitrogens with zero attached hydrogens (tertiary/aromatic N) is 2. The Morgan fingerprint density at radius 2 is 1.89 bits per heavy atom. The Morgan fingerprint density at radius 3 is 2.69 bits per heavy atom. The fourth-order valence-corrected chi connectivity index (χ4v) is 9.58. The lowest BCUT2D eigenvalue weighted by molar-refractivity contribution is -0.138. The van der Waals surface area contributed by atoms with Crippen LogP contribution in [-0.4, -0.2) is 37.4 Å². The Bertz CT molecular complexity index is 1140. The van der Waals surface area contributed by atoms with E-state index in [0.717, 1.165) is 45.1 Å². The summed E-state index contributed by atoms with van der Waals surface area (Å²) in [5, 5.41) is 3.34. The molecular formula is C31H43N3O2. The zero-order valence-electron chi connectivity index (χ0n) is 22.8. The SMILES string of the molecule is CC1=C2N(C)C(=O)CC[C@]2(C)[C@@H]2CC[C@]3(C)C(C(=O)NCc4ccc5c(c4)CCN5C)CC[C@H]3[C@@H]2C1. The normalized spacial score (nSPS) is 37.4. The zero-order chi connectivity index (χ0) is 25.4. The van der Waals surface area contributed by atoms with Crippen LogP contribution in [0, 0.1) is 34.5 Å². The van der Waals surface area contributed by atoms with Gasteiger partial charge >= 0.3 is 0 Å². The fourth-order valence-electron chi connectivity index (χ4n) is 9.58. The number of likely N-dealkylation sites (N-methyl/N-ethyl adjacent to an activating group) is 1. The Labute approximate surface area is 216 Å². The van der Waals surface area contributed by atoms with Crippen molar-refractivity contribution < 1.29 is 9.59 Å². The van der Waals surface area contributed by atoms with Crippen LogP contribution in [-0.2, 0) is 22.6 Å². The van der Waals surface area contributed by atoms with Crippen LogP contribution in [0.1, 0.15) is 76.8 Å². The first kappa shape index (κ1) is 24.1. The fraction of sp³-hybridized carbons (Fsp3) is 0.677. The second-order valence-corrected chi connectivity index (χ2v) is 13.1. The van der Waals surface area contributed by atoms with E-state index in [9.17, 15) is 9.59 Å². The molecular weight excluding hydrogens is 446 g/mol. The number of piperidine rings is 1. The van der Waals surface area contributed by atoms with Gasteiger partial charge in [-0.2, -0.15) is 0 Å². The van der Waals surface area contributed by atoms with E-state index < -0.39 is 0 Å². The average Bonchev–Trinajstić information content (AvgIpc) is 3.39. The molecule has 3 fully saturated rings. The van der Waals surface area contributed by atoms with Gasteiger partial charge in [-0.25, -0.2) is 0 Å². The van der Waals surface area contributed by atoms with Crippen molar-refractivity contribution in [2.75, 3.05) is 25.5 Å². The van der Waals surface area contributed by atoms with Crippen molar-refractivity contribution in [2.24, 2.45) is 34.5 Å². The van der Waals surface area contributed by atoms with Crippen LogP contribution in [0.15, 0.2) is 29.5 Å². The third kappa shape index (κ3) is 3.40. The minimum absolute atomic E-state index is 0.0798. The molecule has 2 saturated carbocycles. The first-order valence-corrected chi connectivity index (χ1v) is 14.2. The summed E-state index contributed by atoms with van der Waals surface area (Å²) >= 11 is 0. The second kappa shape index (κ2) is 8.36. The van der Waals surface area contributed by atoms with Crippen molar-refractivity contribution in [1.82, 2.24) is 10.2 Å². The lowest BCUT2D eigenvalue weighted by Gasteiger charge is -2.59. The summed E-state index contributed by atoms with van der Waals surface area (Å²) in [4.78, 5) is 30.4. The number of carbonyl (C=O) groups is 2. The van der Waals surface area contributed by atoms with Gasteiger partial charge in [-0.05, 0) is 92.2 Å². The number of rotatable bonds is 3. The highest BCUT2D eigenvalue weighted by Crippen LogP contribution is 2.66. The summed E-state index contributed by atoms with van der Waals surface area (Å²) in [5.74, 6) is 2.49. The summed E-state index contributed by atoms with van der Waals surface area (Å²) in [5.41, 5.74) is 6.85. The summed E-state index contributed by atoms with van der Waals surface area (Å²) in [6.07, 6.45) is 8.30. The van der Waals surface area contributed by atoms with E-state index in [1.54, 1.807) is 0 Å². The third-order valence-corrected chi connectivity index (χ3v) is 11.4. The van der Waals surface area contributed by atoms with Crippen molar-refractivity contribution >= 4 is 17.5 Å². The molecule has 6 atom stereocenters. The van der Waals surface area contributed by atoms with Crippen LogP contribution < -0.4 is 10.2 Å². The smallest absolute Gasteiger partial charge is 0.226 e. The van der Waals surface area contributed by atoms with E-state index in [1.165, 1.54) is 34.5 Å². The molecule has 0 spiro atoms. The van der Waals surface area contributed by atoms with E-state index in [4.69, 9.17) is 0 Å². The van der Waals surface area contributed by atoms with E-state index >= 15 is 0 Å². The maximum atomic E-state index is 13.6. The molecule has 1 saturated heterocycles. The van der Waals surface area contributed by atoms with Crippen molar-refractivity contribution in [1.29, 1.82) is 0 Å². The first-order chi connectivity index (χ1) is 17.1. The van der Waals surface area contributed by atoms with Crippen molar-refractivity contribution in [3.8, 4) is 0 Å². The van der Waals surface area contributed by atoms with Gasteiger partial charge in [-0.15, -0.1) is 0 Å². The van der Waals surface area contributed by atoms with Crippen LogP contribution in [0.2, 0.25) is 0 Å². The van der Waals surface area contributed by atoms with Crippen LogP contribution >= 0.6 is 0 Å². The standard InChI is InChI=1S/C31H43N3O2/c1-19-16-22-23-7-8-25(29(36)32-18-20-6-9-26-21(17-20)12-15-33(26)4)30(23,2)13-10-24(22)31(3)14-11-27(35)34(5)28(19)31/h6,9,17,22-25H,7-8,10-16,18H2,1-5H3,(H,32,36)/t22-,23-,24+,25?,30-,31+/m0/s1. The van der Waals surface area contributed by atoms with Gasteiger partial charge in [0.15, 0.2) is 0 Å². The summed E-state index contributed by atoms with van der Waals surface area (Å²) in [6.45, 7) is 8.82. The van der Waals surface area contributed by atoms with E-state index in [-0.39, 0.29) is 28.6 Å². The van der Waals surface area contributed by atoms with Gasteiger partial charge in [0, 0.05) is 56.3 Å². The number of anilines is 1. The highest BCUT2D eigenvalue weighted by Gasteiger charge is 2.61. The first-order valence-electron chi connectivity index (χ1n) is 14.2. The van der Waals surface area contributed by atoms with Crippen molar-refractivity contribution in [2.45, 2.75) is 78.7 Å². The molecule has 1 unspecified atom stereocenters. The van der Waals surface area contributed by atoms with Gasteiger partial charge in [0.25, 0.3) is 0 Å². The molecule has 2 heterocycles. The molecule has 0 radical (unpaired) electrons. The number of hydrogen-bond donors (Lipinski definition) is 1. The van der Waals surface area contributed by atoms with Crippen molar-refractivity contribution in [3.63, 3.8) is 0 Å². The maximum absolute atomic E-state index is 13.6. The van der Waals surface area contributed by atoms with Crippen LogP contribution in [0.3, 0.4) is 0 Å². The summed E-state index contributed by atoms with van der Waals surface area (Å²) < 4.78 is 0. The zero-order valence-corrected chi connectivity index (χ0v) is 22.8. The quantitative estimate of drug-likeness (QED) is 0.628. The monoisotopic (exact) mass is 489 g/mol. The largest absolute Gasteiger partial charge is 0.374 e. The second-order valence-electron chi connectivity index (χ2n) is 13.1. The Morgan fingerprint density at radius 1 is 1.08 bits per heavy atom. The molecule has 1 N–H and O–H groups in total. The number of hydrogen-bond acceptors (Lipinski definition) is 3. The van der Waals surface area contributed by atoms with Crippen LogP contribution in [0.25, 0.3) is 0 Å². The minimum atomic E-state index is 0.0798. The van der Waals surface area contributed by atoms with E-state index in [1.807, 2.05) is 11.9 Å². The molecule has 3 aliphatic carbocycles. The van der Waals surface area contributed by atoms with E-state index in [2.05, 4.69) is 56.2 Å². The number of carbonyl (C=O) groups excluding carboxylic acids is 2. The number of fused-ring (bicyclic) bond motifs is 6. The molecule has 6 rings (SSSR count). The Hall–Kier alpha value is -2.30. The predicted octanol–water partition coefficient (Wildman–Crippen LogP) is 5.29. The molecule has 5 heteroatoms. The average molecular weight is 490 g/mol. The van der Waals surface area contributed by atoms with Gasteiger partial charge in [-0.1, -0.05) is 31.6 Å². The van der Waals surface area contributed by atoms with Gasteiger partial charge in [0.05, 0.1) is 0 Å². The Kier molecular flexibility index (Phi) is 5.59. The number of likely N-dealkylation sites (tertiary alicyclic amines) is 1. The molecule has 194 valence electrons. The molecule has 0 aromatic heterocycles. The molecule has 1 aromatic rings. The van der Waals surface area contributed by atoms with Crippen LogP contribution in [0.5, 0.6) is 0 Å². The number of benzene rings is 1. The molecule has 2 aliphatic heterocycles.